The van der Waals surface area contributed by atoms with Crippen LogP contribution in [0.25, 0.3) is 11.3 Å². The molecule has 0 amide bonds. The predicted molar refractivity (Wildman–Crippen MR) is 87.2 cm³/mol. The standard InChI is InChI=1S/C19H23NO/c1-13(11-20)14-8-7-9-15(10-14)16-17(18(2,3)4)19(5,6)12-21-16/h7-10H,1,12H2,2-6H3. The summed E-state index contributed by atoms with van der Waals surface area (Å²) in [5, 5.41) is 9.02. The molecule has 1 heterocycles. The largest absolute Gasteiger partial charge is 0.492 e. The van der Waals surface area contributed by atoms with Crippen LogP contribution in [0, 0.1) is 22.2 Å². The number of nitriles is 1. The van der Waals surface area contributed by atoms with E-state index in [0.717, 1.165) is 16.9 Å². The van der Waals surface area contributed by atoms with Gasteiger partial charge in [-0.1, -0.05) is 59.4 Å². The Bertz CT molecular complexity index is 651. The van der Waals surface area contributed by atoms with Gasteiger partial charge in [-0.05, 0) is 22.6 Å². The van der Waals surface area contributed by atoms with Gasteiger partial charge in [0.15, 0.2) is 0 Å². The molecule has 0 aromatic heterocycles. The normalized spacial score (nSPS) is 17.3. The second-order valence-electron chi connectivity index (χ2n) is 7.30. The molecule has 2 heteroatoms. The lowest BCUT2D eigenvalue weighted by Crippen LogP contribution is -2.24. The van der Waals surface area contributed by atoms with E-state index in [1.807, 2.05) is 24.3 Å². The zero-order chi connectivity index (χ0) is 15.8. The van der Waals surface area contributed by atoms with Crippen LogP contribution in [-0.4, -0.2) is 6.61 Å². The Morgan fingerprint density at radius 1 is 1.33 bits per heavy atom. The van der Waals surface area contributed by atoms with E-state index in [4.69, 9.17) is 10.00 Å². The fourth-order valence-corrected chi connectivity index (χ4v) is 3.20. The Morgan fingerprint density at radius 3 is 2.57 bits per heavy atom. The van der Waals surface area contributed by atoms with Crippen molar-refractivity contribution in [3.63, 3.8) is 0 Å². The molecule has 0 unspecified atom stereocenters. The van der Waals surface area contributed by atoms with Crippen molar-refractivity contribution < 1.29 is 4.74 Å². The Hall–Kier alpha value is -2.01. The zero-order valence-electron chi connectivity index (χ0n) is 13.6. The molecule has 0 atom stereocenters. The Kier molecular flexibility index (Phi) is 3.72. The molecule has 1 aliphatic rings. The van der Waals surface area contributed by atoms with E-state index in [0.29, 0.717) is 12.2 Å². The van der Waals surface area contributed by atoms with Gasteiger partial charge in [-0.3, -0.25) is 0 Å². The molecule has 1 aromatic carbocycles. The SMILES string of the molecule is C=C(C#N)c1cccc(C2=C(C(C)(C)C)C(C)(C)CO2)c1. The summed E-state index contributed by atoms with van der Waals surface area (Å²) < 4.78 is 6.03. The van der Waals surface area contributed by atoms with Gasteiger partial charge in [-0.15, -0.1) is 0 Å². The van der Waals surface area contributed by atoms with Crippen molar-refractivity contribution in [2.24, 2.45) is 10.8 Å². The minimum Gasteiger partial charge on any atom is -0.492 e. The molecule has 0 radical (unpaired) electrons. The number of benzene rings is 1. The van der Waals surface area contributed by atoms with E-state index in [9.17, 15) is 0 Å². The first-order chi connectivity index (χ1) is 9.66. The van der Waals surface area contributed by atoms with Crippen LogP contribution in [0.15, 0.2) is 36.4 Å². The fraction of sp³-hybridized carbons (Fsp3) is 0.421. The number of hydrogen-bond acceptors (Lipinski definition) is 2. The van der Waals surface area contributed by atoms with E-state index in [-0.39, 0.29) is 10.8 Å². The lowest BCUT2D eigenvalue weighted by Gasteiger charge is -2.30. The van der Waals surface area contributed by atoms with Crippen LogP contribution in [0.5, 0.6) is 0 Å². The summed E-state index contributed by atoms with van der Waals surface area (Å²) in [5.74, 6) is 0.958. The summed E-state index contributed by atoms with van der Waals surface area (Å²) in [4.78, 5) is 0. The molecular weight excluding hydrogens is 258 g/mol. The number of nitrogens with zero attached hydrogens (tertiary/aromatic N) is 1. The van der Waals surface area contributed by atoms with E-state index in [2.05, 4.69) is 47.3 Å². The molecular formula is C19H23NO. The van der Waals surface area contributed by atoms with Crippen molar-refractivity contribution in [3.05, 3.63) is 47.5 Å². The fourth-order valence-electron chi connectivity index (χ4n) is 3.20. The average Bonchev–Trinajstić information content (AvgIpc) is 2.73. The topological polar surface area (TPSA) is 33.0 Å². The third kappa shape index (κ3) is 2.88. The van der Waals surface area contributed by atoms with Gasteiger partial charge in [0.25, 0.3) is 0 Å². The minimum absolute atomic E-state index is 0.0236. The summed E-state index contributed by atoms with van der Waals surface area (Å²) >= 11 is 0. The lowest BCUT2D eigenvalue weighted by molar-refractivity contribution is 0.213. The number of hydrogen-bond donors (Lipinski definition) is 0. The molecule has 110 valence electrons. The lowest BCUT2D eigenvalue weighted by atomic mass is 9.71. The number of rotatable bonds is 2. The molecule has 21 heavy (non-hydrogen) atoms. The quantitative estimate of drug-likeness (QED) is 0.712. The Morgan fingerprint density at radius 2 is 2.00 bits per heavy atom. The maximum Gasteiger partial charge on any atom is 0.126 e. The first kappa shape index (κ1) is 15.4. The van der Waals surface area contributed by atoms with Gasteiger partial charge in [0.1, 0.15) is 5.76 Å². The van der Waals surface area contributed by atoms with Crippen LogP contribution in [-0.2, 0) is 4.74 Å². The van der Waals surface area contributed by atoms with Crippen LogP contribution >= 0.6 is 0 Å². The van der Waals surface area contributed by atoms with E-state index >= 15 is 0 Å². The summed E-state index contributed by atoms with van der Waals surface area (Å²) in [7, 11) is 0. The highest BCUT2D eigenvalue weighted by molar-refractivity contribution is 5.78. The van der Waals surface area contributed by atoms with Crippen LogP contribution in [0.1, 0.15) is 45.7 Å². The van der Waals surface area contributed by atoms with E-state index in [1.165, 1.54) is 5.57 Å². The molecule has 0 fully saturated rings. The molecule has 2 nitrogen and oxygen atoms in total. The van der Waals surface area contributed by atoms with E-state index < -0.39 is 0 Å². The highest BCUT2D eigenvalue weighted by Crippen LogP contribution is 2.49. The van der Waals surface area contributed by atoms with Gasteiger partial charge in [-0.2, -0.15) is 5.26 Å². The molecule has 2 rings (SSSR count). The highest BCUT2D eigenvalue weighted by atomic mass is 16.5. The highest BCUT2D eigenvalue weighted by Gasteiger charge is 2.41. The predicted octanol–water partition coefficient (Wildman–Crippen LogP) is 5.04. The van der Waals surface area contributed by atoms with Crippen LogP contribution < -0.4 is 0 Å². The van der Waals surface area contributed by atoms with Gasteiger partial charge in [0.05, 0.1) is 18.2 Å². The monoisotopic (exact) mass is 281 g/mol. The molecule has 0 saturated heterocycles. The Labute approximate surface area is 127 Å². The number of ether oxygens (including phenoxy) is 1. The first-order valence-electron chi connectivity index (χ1n) is 7.24. The van der Waals surface area contributed by atoms with Crippen molar-refractivity contribution in [3.8, 4) is 6.07 Å². The molecule has 0 saturated carbocycles. The summed E-state index contributed by atoms with van der Waals surface area (Å²) in [6, 6.07) is 10.0. The van der Waals surface area contributed by atoms with Crippen molar-refractivity contribution in [1.29, 1.82) is 5.26 Å². The molecule has 0 spiro atoms. The van der Waals surface area contributed by atoms with Crippen molar-refractivity contribution in [2.45, 2.75) is 34.6 Å². The molecule has 0 aliphatic carbocycles. The number of allylic oxidation sites excluding steroid dienone is 1. The summed E-state index contributed by atoms with van der Waals surface area (Å²) in [6.07, 6.45) is 0. The first-order valence-corrected chi connectivity index (χ1v) is 7.24. The molecule has 1 aromatic rings. The minimum atomic E-state index is 0.0236. The second kappa shape index (κ2) is 5.07. The van der Waals surface area contributed by atoms with Gasteiger partial charge in [0, 0.05) is 11.0 Å². The van der Waals surface area contributed by atoms with Gasteiger partial charge >= 0.3 is 0 Å². The van der Waals surface area contributed by atoms with Crippen LogP contribution in [0.2, 0.25) is 0 Å². The van der Waals surface area contributed by atoms with Crippen molar-refractivity contribution in [1.82, 2.24) is 0 Å². The van der Waals surface area contributed by atoms with Crippen LogP contribution in [0.3, 0.4) is 0 Å². The average molecular weight is 281 g/mol. The molecule has 1 aliphatic heterocycles. The third-order valence-corrected chi connectivity index (χ3v) is 3.84. The third-order valence-electron chi connectivity index (χ3n) is 3.84. The molecule has 0 N–H and O–H groups in total. The smallest absolute Gasteiger partial charge is 0.126 e. The van der Waals surface area contributed by atoms with E-state index in [1.54, 1.807) is 0 Å². The van der Waals surface area contributed by atoms with Gasteiger partial charge in [0.2, 0.25) is 0 Å². The maximum absolute atomic E-state index is 9.02. The second-order valence-corrected chi connectivity index (χ2v) is 7.30. The Balaban J connectivity index is 2.60. The summed E-state index contributed by atoms with van der Waals surface area (Å²) in [6.45, 7) is 15.6. The van der Waals surface area contributed by atoms with Crippen LogP contribution in [0.4, 0.5) is 0 Å². The van der Waals surface area contributed by atoms with Crippen molar-refractivity contribution >= 4 is 11.3 Å². The van der Waals surface area contributed by atoms with Crippen molar-refractivity contribution in [2.75, 3.05) is 6.61 Å². The summed E-state index contributed by atoms with van der Waals surface area (Å²) in [5.41, 5.74) is 3.75. The zero-order valence-corrected chi connectivity index (χ0v) is 13.6. The van der Waals surface area contributed by atoms with Gasteiger partial charge < -0.3 is 4.74 Å². The van der Waals surface area contributed by atoms with Gasteiger partial charge in [-0.25, -0.2) is 0 Å². The maximum atomic E-state index is 9.02. The molecule has 0 bridgehead atoms.